The number of anilines is 1. The van der Waals surface area contributed by atoms with E-state index in [1.807, 2.05) is 12.1 Å². The maximum absolute atomic E-state index is 6.12. The van der Waals surface area contributed by atoms with Gasteiger partial charge >= 0.3 is 0 Å². The van der Waals surface area contributed by atoms with E-state index in [2.05, 4.69) is 35.1 Å². The maximum atomic E-state index is 6.12. The van der Waals surface area contributed by atoms with E-state index in [0.29, 0.717) is 16.5 Å². The Morgan fingerprint density at radius 2 is 1.95 bits per heavy atom. The van der Waals surface area contributed by atoms with Gasteiger partial charge in [0.1, 0.15) is 0 Å². The lowest BCUT2D eigenvalue weighted by atomic mass is 9.75. The van der Waals surface area contributed by atoms with Gasteiger partial charge < -0.3 is 10.1 Å². The third-order valence-corrected chi connectivity index (χ3v) is 4.72. The van der Waals surface area contributed by atoms with Gasteiger partial charge in [-0.3, -0.25) is 0 Å². The Kier molecular flexibility index (Phi) is 4.67. The van der Waals surface area contributed by atoms with Crippen LogP contribution in [0.5, 0.6) is 5.75 Å². The van der Waals surface area contributed by atoms with E-state index in [4.69, 9.17) is 16.3 Å². The van der Waals surface area contributed by atoms with Gasteiger partial charge in [-0.2, -0.15) is 0 Å². The Morgan fingerprint density at radius 1 is 1.32 bits per heavy atom. The van der Waals surface area contributed by atoms with Crippen LogP contribution in [0.2, 0.25) is 5.02 Å². The molecular formula is C15H21BrClNO. The second-order valence-corrected chi connectivity index (χ2v) is 7.34. The molecule has 1 aliphatic rings. The first-order valence-corrected chi connectivity index (χ1v) is 7.88. The van der Waals surface area contributed by atoms with Crippen molar-refractivity contribution in [3.8, 4) is 5.75 Å². The van der Waals surface area contributed by atoms with E-state index in [0.717, 1.165) is 15.9 Å². The van der Waals surface area contributed by atoms with E-state index < -0.39 is 0 Å². The summed E-state index contributed by atoms with van der Waals surface area (Å²) < 4.78 is 6.34. The topological polar surface area (TPSA) is 21.3 Å². The van der Waals surface area contributed by atoms with Gasteiger partial charge in [-0.25, -0.2) is 0 Å². The summed E-state index contributed by atoms with van der Waals surface area (Å²) in [4.78, 5) is 0. The summed E-state index contributed by atoms with van der Waals surface area (Å²) in [5, 5.41) is 4.29. The summed E-state index contributed by atoms with van der Waals surface area (Å²) in [6.07, 6.45) is 4.91. The molecule has 1 fully saturated rings. The molecule has 106 valence electrons. The van der Waals surface area contributed by atoms with E-state index in [1.165, 1.54) is 25.7 Å². The fourth-order valence-corrected chi connectivity index (χ4v) is 3.61. The maximum Gasteiger partial charge on any atom is 0.156 e. The quantitative estimate of drug-likeness (QED) is 0.781. The monoisotopic (exact) mass is 345 g/mol. The van der Waals surface area contributed by atoms with Crippen LogP contribution in [0.4, 0.5) is 5.69 Å². The van der Waals surface area contributed by atoms with Crippen molar-refractivity contribution in [1.29, 1.82) is 0 Å². The number of rotatable bonds is 3. The minimum atomic E-state index is 0.483. The van der Waals surface area contributed by atoms with Crippen LogP contribution in [0.3, 0.4) is 0 Å². The van der Waals surface area contributed by atoms with Gasteiger partial charge in [-0.05, 0) is 59.2 Å². The third kappa shape index (κ3) is 3.79. The van der Waals surface area contributed by atoms with Crippen molar-refractivity contribution in [3.63, 3.8) is 0 Å². The lowest BCUT2D eigenvalue weighted by molar-refractivity contribution is 0.232. The van der Waals surface area contributed by atoms with Crippen molar-refractivity contribution in [2.45, 2.75) is 45.6 Å². The van der Waals surface area contributed by atoms with Crippen LogP contribution in [0, 0.1) is 5.41 Å². The van der Waals surface area contributed by atoms with Crippen LogP contribution >= 0.6 is 27.5 Å². The molecule has 0 atom stereocenters. The normalized spacial score (nSPS) is 19.2. The predicted octanol–water partition coefficient (Wildman–Crippen LogP) is 5.49. The van der Waals surface area contributed by atoms with Gasteiger partial charge in [0.05, 0.1) is 17.3 Å². The summed E-state index contributed by atoms with van der Waals surface area (Å²) >= 11 is 9.61. The Balaban J connectivity index is 2.11. The van der Waals surface area contributed by atoms with Gasteiger partial charge in [0.25, 0.3) is 0 Å². The fourth-order valence-electron chi connectivity index (χ4n) is 2.64. The zero-order valence-corrected chi connectivity index (χ0v) is 14.1. The smallest absolute Gasteiger partial charge is 0.156 e. The molecule has 0 spiro atoms. The van der Waals surface area contributed by atoms with E-state index in [9.17, 15) is 0 Å². The lowest BCUT2D eigenvalue weighted by Crippen LogP contribution is -2.30. The molecule has 1 aromatic carbocycles. The molecule has 0 radical (unpaired) electrons. The highest BCUT2D eigenvalue weighted by molar-refractivity contribution is 9.10. The molecule has 0 saturated heterocycles. The summed E-state index contributed by atoms with van der Waals surface area (Å²) in [5.41, 5.74) is 1.46. The Hall–Kier alpha value is -0.410. The van der Waals surface area contributed by atoms with Crippen molar-refractivity contribution in [1.82, 2.24) is 0 Å². The summed E-state index contributed by atoms with van der Waals surface area (Å²) in [6, 6.07) is 4.30. The molecule has 0 aliphatic heterocycles. The summed E-state index contributed by atoms with van der Waals surface area (Å²) in [7, 11) is 1.68. The van der Waals surface area contributed by atoms with Crippen molar-refractivity contribution in [3.05, 3.63) is 21.6 Å². The molecule has 1 N–H and O–H groups in total. The Bertz CT molecular complexity index is 452. The van der Waals surface area contributed by atoms with E-state index in [1.54, 1.807) is 7.11 Å². The molecule has 1 saturated carbocycles. The number of halogens is 2. The molecule has 2 nitrogen and oxygen atoms in total. The molecule has 1 aromatic rings. The van der Waals surface area contributed by atoms with Crippen LogP contribution in [0.15, 0.2) is 16.6 Å². The summed E-state index contributed by atoms with van der Waals surface area (Å²) in [6.45, 7) is 4.69. The van der Waals surface area contributed by atoms with Gasteiger partial charge in [-0.15, -0.1) is 0 Å². The van der Waals surface area contributed by atoms with Gasteiger partial charge in [0.15, 0.2) is 5.75 Å². The number of benzene rings is 1. The van der Waals surface area contributed by atoms with Crippen LogP contribution in [0.1, 0.15) is 39.5 Å². The number of hydrogen-bond acceptors (Lipinski definition) is 2. The first kappa shape index (κ1) is 15.0. The van der Waals surface area contributed by atoms with E-state index in [-0.39, 0.29) is 0 Å². The molecule has 0 heterocycles. The first-order chi connectivity index (χ1) is 8.91. The minimum Gasteiger partial charge on any atom is -0.493 e. The molecule has 2 rings (SSSR count). The zero-order valence-electron chi connectivity index (χ0n) is 11.7. The van der Waals surface area contributed by atoms with E-state index >= 15 is 0 Å². The number of methoxy groups -OCH3 is 1. The molecule has 4 heteroatoms. The fraction of sp³-hybridized carbons (Fsp3) is 0.600. The Morgan fingerprint density at radius 3 is 2.53 bits per heavy atom. The second-order valence-electron chi connectivity index (χ2n) is 6.05. The molecular weight excluding hydrogens is 326 g/mol. The highest BCUT2D eigenvalue weighted by Crippen LogP contribution is 2.40. The van der Waals surface area contributed by atoms with Gasteiger partial charge in [0, 0.05) is 11.1 Å². The minimum absolute atomic E-state index is 0.483. The standard InChI is InChI=1S/C15H21BrClNO/c1-15(2)6-4-11(5-7-15)18-13-9-10(17)8-12(16)14(13)19-3/h8-9,11,18H,4-7H2,1-3H3. The molecule has 19 heavy (non-hydrogen) atoms. The van der Waals surface area contributed by atoms with Crippen molar-refractivity contribution < 1.29 is 4.74 Å². The van der Waals surface area contributed by atoms with Gasteiger partial charge in [-0.1, -0.05) is 25.4 Å². The van der Waals surface area contributed by atoms with Crippen molar-refractivity contribution >= 4 is 33.2 Å². The van der Waals surface area contributed by atoms with Crippen molar-refractivity contribution in [2.24, 2.45) is 5.41 Å². The Labute approximate surface area is 129 Å². The SMILES string of the molecule is COc1c(Br)cc(Cl)cc1NC1CCC(C)(C)CC1. The van der Waals surface area contributed by atoms with Crippen LogP contribution in [-0.2, 0) is 0 Å². The van der Waals surface area contributed by atoms with Crippen LogP contribution in [-0.4, -0.2) is 13.2 Å². The number of nitrogens with one attached hydrogen (secondary N) is 1. The largest absolute Gasteiger partial charge is 0.493 e. The summed E-state index contributed by atoms with van der Waals surface area (Å²) in [5.74, 6) is 0.828. The lowest BCUT2D eigenvalue weighted by Gasteiger charge is -2.35. The van der Waals surface area contributed by atoms with Crippen LogP contribution < -0.4 is 10.1 Å². The third-order valence-electron chi connectivity index (χ3n) is 3.91. The molecule has 0 bridgehead atoms. The zero-order chi connectivity index (χ0) is 14.0. The predicted molar refractivity (Wildman–Crippen MR) is 85.4 cm³/mol. The first-order valence-electron chi connectivity index (χ1n) is 6.71. The van der Waals surface area contributed by atoms with Crippen LogP contribution in [0.25, 0.3) is 0 Å². The number of ether oxygens (including phenoxy) is 1. The molecule has 0 amide bonds. The number of hydrogen-bond donors (Lipinski definition) is 1. The molecule has 0 aromatic heterocycles. The average Bonchev–Trinajstić information content (AvgIpc) is 2.31. The average molecular weight is 347 g/mol. The molecule has 1 aliphatic carbocycles. The highest BCUT2D eigenvalue weighted by atomic mass is 79.9. The highest BCUT2D eigenvalue weighted by Gasteiger charge is 2.27. The van der Waals surface area contributed by atoms with Crippen molar-refractivity contribution in [2.75, 3.05) is 12.4 Å². The second kappa shape index (κ2) is 5.92. The molecule has 0 unspecified atom stereocenters. The van der Waals surface area contributed by atoms with Gasteiger partial charge in [0.2, 0.25) is 0 Å².